The minimum atomic E-state index is -3.62. The van der Waals surface area contributed by atoms with Crippen molar-refractivity contribution in [2.45, 2.75) is 32.3 Å². The third-order valence-electron chi connectivity index (χ3n) is 5.33. The number of fused-ring (bicyclic) bond motifs is 1. The summed E-state index contributed by atoms with van der Waals surface area (Å²) in [7, 11) is -1.16. The number of rotatable bonds is 7. The predicted octanol–water partition coefficient (Wildman–Crippen LogP) is 5.32. The quantitative estimate of drug-likeness (QED) is 0.278. The lowest BCUT2D eigenvalue weighted by molar-refractivity contribution is -0.142. The minimum absolute atomic E-state index is 0.0139. The molecular formula is C26H27FNO5P. The van der Waals surface area contributed by atoms with Crippen molar-refractivity contribution in [3.63, 3.8) is 0 Å². The number of carbonyl (C=O) groups excluding carboxylic acids is 1. The Kier molecular flexibility index (Phi) is 8.22. The molecule has 2 atom stereocenters. The molecule has 8 heteroatoms. The molecule has 3 aromatic rings. The number of pyridine rings is 1. The highest BCUT2D eigenvalue weighted by molar-refractivity contribution is 7.64. The number of benzene rings is 2. The van der Waals surface area contributed by atoms with Crippen LogP contribution in [0.5, 0.6) is 0 Å². The van der Waals surface area contributed by atoms with Gasteiger partial charge in [-0.1, -0.05) is 50.1 Å². The van der Waals surface area contributed by atoms with Crippen LogP contribution in [0.3, 0.4) is 0 Å². The first kappa shape index (κ1) is 25.6. The zero-order chi connectivity index (χ0) is 24.9. The fraction of sp³-hybridized carbons (Fsp3) is 0.308. The number of nitrogens with zero attached hydrogens (tertiary/aromatic N) is 1. The number of aliphatic hydroxyl groups excluding tert-OH is 1. The van der Waals surface area contributed by atoms with Gasteiger partial charge < -0.3 is 14.4 Å². The number of aromatic nitrogens is 1. The van der Waals surface area contributed by atoms with E-state index in [9.17, 15) is 18.9 Å². The van der Waals surface area contributed by atoms with E-state index in [1.165, 1.54) is 26.4 Å². The van der Waals surface area contributed by atoms with Gasteiger partial charge in [0, 0.05) is 18.1 Å². The Bertz CT molecular complexity index is 1290. The predicted molar refractivity (Wildman–Crippen MR) is 130 cm³/mol. The van der Waals surface area contributed by atoms with Crippen LogP contribution in [0.1, 0.15) is 37.4 Å². The number of methoxy groups -OCH3 is 1. The molecule has 0 amide bonds. The van der Waals surface area contributed by atoms with Crippen molar-refractivity contribution >= 4 is 24.2 Å². The van der Waals surface area contributed by atoms with Gasteiger partial charge in [-0.25, -0.2) is 4.39 Å². The summed E-state index contributed by atoms with van der Waals surface area (Å²) in [5.74, 6) is 2.02. The van der Waals surface area contributed by atoms with Gasteiger partial charge in [0.05, 0.1) is 42.6 Å². The highest BCUT2D eigenvalue weighted by atomic mass is 31.2. The second-order valence-electron chi connectivity index (χ2n) is 8.14. The van der Waals surface area contributed by atoms with E-state index in [0.29, 0.717) is 11.3 Å². The van der Waals surface area contributed by atoms with Crippen molar-refractivity contribution in [3.8, 4) is 22.7 Å². The summed E-state index contributed by atoms with van der Waals surface area (Å²) in [5, 5.41) is 11.0. The second-order valence-corrected chi connectivity index (χ2v) is 10.4. The van der Waals surface area contributed by atoms with Crippen LogP contribution < -0.4 is 0 Å². The summed E-state index contributed by atoms with van der Waals surface area (Å²) >= 11 is 0. The molecule has 3 rings (SSSR count). The number of para-hydroxylation sites is 1. The minimum Gasteiger partial charge on any atom is -0.469 e. The monoisotopic (exact) mass is 483 g/mol. The molecule has 1 aromatic heterocycles. The summed E-state index contributed by atoms with van der Waals surface area (Å²) in [4.78, 5) is 16.3. The van der Waals surface area contributed by atoms with E-state index < -0.39 is 19.4 Å². The lowest BCUT2D eigenvalue weighted by atomic mass is 9.91. The average Bonchev–Trinajstić information content (AvgIpc) is 2.82. The number of halogens is 1. The molecule has 2 aromatic carbocycles. The Balaban J connectivity index is 2.20. The highest BCUT2D eigenvalue weighted by Gasteiger charge is 2.26. The number of carbonyl (C=O) groups is 1. The first-order valence-corrected chi connectivity index (χ1v) is 12.6. The lowest BCUT2D eigenvalue weighted by Crippen LogP contribution is -2.18. The van der Waals surface area contributed by atoms with Crippen LogP contribution >= 0.6 is 7.37 Å². The molecule has 0 spiro atoms. The fourth-order valence-corrected chi connectivity index (χ4v) is 4.91. The maximum Gasteiger partial charge on any atom is 0.308 e. The van der Waals surface area contributed by atoms with Crippen molar-refractivity contribution < 1.29 is 28.1 Å². The normalized spacial score (nSPS) is 13.7. The molecule has 1 heterocycles. The van der Waals surface area contributed by atoms with Crippen molar-refractivity contribution in [2.24, 2.45) is 0 Å². The Morgan fingerprint density at radius 2 is 1.82 bits per heavy atom. The molecule has 0 aliphatic carbocycles. The molecule has 1 N–H and O–H groups in total. The second kappa shape index (κ2) is 10.9. The number of hydrogen-bond donors (Lipinski definition) is 1. The topological polar surface area (TPSA) is 85.7 Å². The third kappa shape index (κ3) is 5.90. The molecule has 0 bridgehead atoms. The highest BCUT2D eigenvalue weighted by Crippen LogP contribution is 2.46. The molecule has 6 nitrogen and oxygen atoms in total. The average molecular weight is 483 g/mol. The summed E-state index contributed by atoms with van der Waals surface area (Å²) in [5.41, 5.74) is 6.23. The van der Waals surface area contributed by atoms with Crippen LogP contribution in [-0.4, -0.2) is 42.5 Å². The molecular weight excluding hydrogens is 456 g/mol. The molecule has 34 heavy (non-hydrogen) atoms. The van der Waals surface area contributed by atoms with Gasteiger partial charge in [0.25, 0.3) is 7.37 Å². The van der Waals surface area contributed by atoms with Gasteiger partial charge in [0.15, 0.2) is 0 Å². The Hall–Kier alpha value is -3.04. The van der Waals surface area contributed by atoms with Crippen LogP contribution in [0.4, 0.5) is 4.39 Å². The summed E-state index contributed by atoms with van der Waals surface area (Å²) < 4.78 is 36.7. The van der Waals surface area contributed by atoms with Crippen LogP contribution in [0, 0.1) is 17.4 Å². The summed E-state index contributed by atoms with van der Waals surface area (Å²) in [6, 6.07) is 13.7. The van der Waals surface area contributed by atoms with Crippen molar-refractivity contribution in [1.82, 2.24) is 4.98 Å². The van der Waals surface area contributed by atoms with Gasteiger partial charge in [-0.15, -0.1) is 0 Å². The summed E-state index contributed by atoms with van der Waals surface area (Å²) in [6.45, 7) is 3.96. The van der Waals surface area contributed by atoms with Gasteiger partial charge in [0.1, 0.15) is 5.82 Å². The van der Waals surface area contributed by atoms with Gasteiger partial charge in [0.2, 0.25) is 0 Å². The van der Waals surface area contributed by atoms with Gasteiger partial charge in [-0.2, -0.15) is 0 Å². The largest absolute Gasteiger partial charge is 0.469 e. The van der Waals surface area contributed by atoms with Crippen molar-refractivity contribution in [3.05, 3.63) is 65.6 Å². The van der Waals surface area contributed by atoms with Crippen LogP contribution in [0.25, 0.3) is 22.0 Å². The zero-order valence-corrected chi connectivity index (χ0v) is 20.4. The molecule has 0 fully saturated rings. The van der Waals surface area contributed by atoms with E-state index in [1.807, 2.05) is 38.1 Å². The van der Waals surface area contributed by atoms with E-state index in [1.54, 1.807) is 12.1 Å². The molecule has 0 saturated heterocycles. The van der Waals surface area contributed by atoms with Crippen LogP contribution in [0.15, 0.2) is 48.5 Å². The third-order valence-corrected chi connectivity index (χ3v) is 7.27. The maximum atomic E-state index is 13.7. The number of aliphatic hydroxyl groups is 1. The standard InChI is InChI=1S/C26H27FNO5P/c1-17(2)26-22(13-14-34(31,33-4)16-20(29)15-24(30)32-3)25(18-9-11-19(27)12-10-18)21-7-5-6-8-23(21)28-26/h5-12,17,20,29H,15-16H2,1-4H3/t20-,34?/m0/s1. The van der Waals surface area contributed by atoms with Gasteiger partial charge >= 0.3 is 5.97 Å². The molecule has 0 aliphatic rings. The molecule has 0 saturated carbocycles. The summed E-state index contributed by atoms with van der Waals surface area (Å²) in [6.07, 6.45) is -1.88. The van der Waals surface area contributed by atoms with Gasteiger partial charge in [-0.05, 0) is 35.3 Å². The first-order chi connectivity index (χ1) is 16.2. The van der Waals surface area contributed by atoms with Crippen molar-refractivity contribution in [1.29, 1.82) is 0 Å². The van der Waals surface area contributed by atoms with Crippen molar-refractivity contribution in [2.75, 3.05) is 20.4 Å². The SMILES string of the molecule is COC(=O)C[C@H](O)CP(=O)(C#Cc1c(C(C)C)nc2ccccc2c1-c1ccc(F)cc1)OC. The maximum absolute atomic E-state index is 13.7. The first-order valence-electron chi connectivity index (χ1n) is 10.8. The lowest BCUT2D eigenvalue weighted by Gasteiger charge is -2.17. The molecule has 0 radical (unpaired) electrons. The molecule has 0 aliphatic heterocycles. The van der Waals surface area contributed by atoms with E-state index >= 15 is 0 Å². The smallest absolute Gasteiger partial charge is 0.308 e. The number of hydrogen-bond acceptors (Lipinski definition) is 6. The number of esters is 1. The Labute approximate surface area is 198 Å². The van der Waals surface area contributed by atoms with Crippen LogP contribution in [-0.2, 0) is 18.6 Å². The van der Waals surface area contributed by atoms with E-state index in [2.05, 4.69) is 16.3 Å². The van der Waals surface area contributed by atoms with Gasteiger partial charge in [-0.3, -0.25) is 14.3 Å². The van der Waals surface area contributed by atoms with E-state index in [4.69, 9.17) is 9.51 Å². The van der Waals surface area contributed by atoms with E-state index in [0.717, 1.165) is 22.0 Å². The zero-order valence-electron chi connectivity index (χ0n) is 19.5. The Morgan fingerprint density at radius 3 is 2.44 bits per heavy atom. The van der Waals surface area contributed by atoms with E-state index in [-0.39, 0.29) is 24.3 Å². The van der Waals surface area contributed by atoms with Crippen LogP contribution in [0.2, 0.25) is 0 Å². The molecule has 1 unspecified atom stereocenters. The number of ether oxygens (including phenoxy) is 1. The Morgan fingerprint density at radius 1 is 1.15 bits per heavy atom. The molecule has 178 valence electrons. The fourth-order valence-electron chi connectivity index (χ4n) is 3.62.